The van der Waals surface area contributed by atoms with Crippen LogP contribution in [-0.2, 0) is 14.4 Å². The first-order valence-corrected chi connectivity index (χ1v) is 10.2. The molecule has 5 atom stereocenters. The lowest BCUT2D eigenvalue weighted by Crippen LogP contribution is -2.59. The molecule has 0 bridgehead atoms. The van der Waals surface area contributed by atoms with Crippen LogP contribution in [0.25, 0.3) is 0 Å². The lowest BCUT2D eigenvalue weighted by molar-refractivity contribution is -0.154. The fourth-order valence-electron chi connectivity index (χ4n) is 4.92. The first-order chi connectivity index (χ1) is 13.3. The van der Waals surface area contributed by atoms with Crippen LogP contribution in [0.15, 0.2) is 24.3 Å². The van der Waals surface area contributed by atoms with E-state index in [0.29, 0.717) is 13.0 Å². The third-order valence-corrected chi connectivity index (χ3v) is 6.69. The summed E-state index contributed by atoms with van der Waals surface area (Å²) in [6, 6.07) is 7.19. The van der Waals surface area contributed by atoms with E-state index in [1.165, 1.54) is 4.90 Å². The molecule has 3 rings (SSSR count). The molecular formula is C22H30N2O4. The molecule has 2 aliphatic heterocycles. The Morgan fingerprint density at radius 2 is 1.93 bits per heavy atom. The largest absolute Gasteiger partial charge is 0.480 e. The average molecular weight is 386 g/mol. The number of fused-ring (bicyclic) bond motifs is 1. The Hall–Kier alpha value is -2.21. The topological polar surface area (TPSA) is 86.7 Å². The number of aryl methyl sites for hydroxylation is 1. The number of carbonyl (C=O) groups is 3. The van der Waals surface area contributed by atoms with E-state index >= 15 is 0 Å². The Bertz CT molecular complexity index is 792. The summed E-state index contributed by atoms with van der Waals surface area (Å²) in [6.07, 6.45) is 2.18. The average Bonchev–Trinajstić information content (AvgIpc) is 3.15. The van der Waals surface area contributed by atoms with Gasteiger partial charge in [0.25, 0.3) is 0 Å². The van der Waals surface area contributed by atoms with Crippen molar-refractivity contribution < 1.29 is 19.5 Å². The molecule has 2 N–H and O–H groups in total. The number of benzene rings is 1. The van der Waals surface area contributed by atoms with Crippen molar-refractivity contribution in [3.63, 3.8) is 0 Å². The number of nitrogens with one attached hydrogen (secondary N) is 1. The number of carbonyl (C=O) groups excluding carboxylic acids is 2. The van der Waals surface area contributed by atoms with Crippen LogP contribution in [0.1, 0.15) is 57.2 Å². The van der Waals surface area contributed by atoms with Gasteiger partial charge in [-0.3, -0.25) is 24.6 Å². The molecular weight excluding hydrogens is 356 g/mol. The van der Waals surface area contributed by atoms with Crippen molar-refractivity contribution >= 4 is 17.8 Å². The van der Waals surface area contributed by atoms with E-state index in [1.54, 1.807) is 0 Å². The Morgan fingerprint density at radius 3 is 2.50 bits per heavy atom. The second kappa shape index (κ2) is 7.66. The van der Waals surface area contributed by atoms with Gasteiger partial charge in [-0.25, -0.2) is 0 Å². The summed E-state index contributed by atoms with van der Waals surface area (Å²) in [4.78, 5) is 40.5. The van der Waals surface area contributed by atoms with Crippen LogP contribution in [-0.4, -0.2) is 39.9 Å². The minimum atomic E-state index is -1.44. The molecule has 2 fully saturated rings. The highest BCUT2D eigenvalue weighted by atomic mass is 16.4. The van der Waals surface area contributed by atoms with E-state index in [2.05, 4.69) is 5.32 Å². The lowest BCUT2D eigenvalue weighted by atomic mass is 9.72. The molecule has 6 nitrogen and oxygen atoms in total. The third kappa shape index (κ3) is 2.85. The molecule has 152 valence electrons. The highest BCUT2D eigenvalue weighted by molar-refractivity contribution is 6.09. The number of aliphatic carboxylic acids is 1. The zero-order valence-electron chi connectivity index (χ0n) is 17.1. The van der Waals surface area contributed by atoms with Crippen molar-refractivity contribution in [1.82, 2.24) is 10.2 Å². The van der Waals surface area contributed by atoms with Crippen molar-refractivity contribution in [3.8, 4) is 0 Å². The fraction of sp³-hybridized carbons (Fsp3) is 0.591. The van der Waals surface area contributed by atoms with Gasteiger partial charge in [-0.2, -0.15) is 0 Å². The second-order valence-electron chi connectivity index (χ2n) is 8.15. The molecule has 28 heavy (non-hydrogen) atoms. The van der Waals surface area contributed by atoms with E-state index in [9.17, 15) is 19.5 Å². The van der Waals surface area contributed by atoms with Gasteiger partial charge in [0, 0.05) is 12.6 Å². The first-order valence-electron chi connectivity index (χ1n) is 10.2. The molecule has 6 heteroatoms. The summed E-state index contributed by atoms with van der Waals surface area (Å²) in [5.74, 6) is -3.49. The van der Waals surface area contributed by atoms with Gasteiger partial charge in [-0.1, -0.05) is 57.9 Å². The summed E-state index contributed by atoms with van der Waals surface area (Å²) < 4.78 is 0. The molecule has 0 saturated carbocycles. The number of unbranched alkanes of at least 4 members (excludes halogenated alkanes) is 1. The van der Waals surface area contributed by atoms with Crippen molar-refractivity contribution in [3.05, 3.63) is 35.4 Å². The molecule has 0 aromatic heterocycles. The summed E-state index contributed by atoms with van der Waals surface area (Å²) in [7, 11) is 0. The maximum absolute atomic E-state index is 13.3. The molecule has 2 heterocycles. The summed E-state index contributed by atoms with van der Waals surface area (Å²) in [5.41, 5.74) is 0.429. The predicted octanol–water partition coefficient (Wildman–Crippen LogP) is 2.91. The van der Waals surface area contributed by atoms with E-state index in [-0.39, 0.29) is 17.7 Å². The number of hydrogen-bond acceptors (Lipinski definition) is 4. The van der Waals surface area contributed by atoms with Gasteiger partial charge in [-0.05, 0) is 30.4 Å². The van der Waals surface area contributed by atoms with Crippen molar-refractivity contribution in [2.24, 2.45) is 17.8 Å². The highest BCUT2D eigenvalue weighted by Crippen LogP contribution is 2.52. The lowest BCUT2D eigenvalue weighted by Gasteiger charge is -2.36. The normalized spacial score (nSPS) is 30.6. The Morgan fingerprint density at radius 1 is 1.25 bits per heavy atom. The van der Waals surface area contributed by atoms with E-state index in [0.717, 1.165) is 24.0 Å². The zero-order chi connectivity index (χ0) is 20.6. The number of likely N-dealkylation sites (tertiary alicyclic amines) is 1. The number of carboxylic acid groups (broad SMARTS) is 1. The molecule has 2 aliphatic rings. The number of imide groups is 1. The number of rotatable bonds is 7. The van der Waals surface area contributed by atoms with Crippen molar-refractivity contribution in [2.45, 2.75) is 58.5 Å². The van der Waals surface area contributed by atoms with E-state index in [4.69, 9.17) is 0 Å². The fourth-order valence-corrected chi connectivity index (χ4v) is 4.92. The quantitative estimate of drug-likeness (QED) is 0.704. The molecule has 2 saturated heterocycles. The molecule has 1 aromatic rings. The summed E-state index contributed by atoms with van der Waals surface area (Å²) >= 11 is 0. The number of nitrogens with zero attached hydrogens (tertiary/aromatic N) is 1. The van der Waals surface area contributed by atoms with Gasteiger partial charge in [0.05, 0.1) is 11.8 Å². The van der Waals surface area contributed by atoms with Gasteiger partial charge in [-0.15, -0.1) is 0 Å². The molecule has 2 amide bonds. The van der Waals surface area contributed by atoms with Crippen LogP contribution < -0.4 is 5.32 Å². The van der Waals surface area contributed by atoms with Crippen LogP contribution >= 0.6 is 0 Å². The minimum absolute atomic E-state index is 0.240. The smallest absolute Gasteiger partial charge is 0.325 e. The second-order valence-corrected chi connectivity index (χ2v) is 8.15. The van der Waals surface area contributed by atoms with Crippen LogP contribution in [0.3, 0.4) is 0 Å². The standard InChI is InChI=1S/C22H30N2O4/c1-5-7-12-24-19(25)16-17(20(24)26)22(21(27)28,14(4)6-2)23-18(16)15-11-9-8-10-13(15)3/h8-11,14,16-18,23H,5-7,12H2,1-4H3,(H,27,28). The maximum atomic E-state index is 13.3. The SMILES string of the molecule is CCCCN1C(=O)C2C(c3ccccc3C)NC(C(=O)O)(C(C)CC)C2C1=O. The van der Waals surface area contributed by atoms with Crippen LogP contribution in [0.2, 0.25) is 0 Å². The summed E-state index contributed by atoms with van der Waals surface area (Å²) in [6.45, 7) is 8.09. The Balaban J connectivity index is 2.15. The van der Waals surface area contributed by atoms with Crippen LogP contribution in [0.5, 0.6) is 0 Å². The van der Waals surface area contributed by atoms with Gasteiger partial charge in [0.1, 0.15) is 5.54 Å². The monoisotopic (exact) mass is 386 g/mol. The van der Waals surface area contributed by atoms with Crippen LogP contribution in [0.4, 0.5) is 0 Å². The molecule has 5 unspecified atom stereocenters. The predicted molar refractivity (Wildman–Crippen MR) is 105 cm³/mol. The van der Waals surface area contributed by atoms with Gasteiger partial charge in [0.15, 0.2) is 0 Å². The van der Waals surface area contributed by atoms with Crippen LogP contribution in [0, 0.1) is 24.7 Å². The minimum Gasteiger partial charge on any atom is -0.480 e. The van der Waals surface area contributed by atoms with Gasteiger partial charge < -0.3 is 5.11 Å². The highest BCUT2D eigenvalue weighted by Gasteiger charge is 2.69. The van der Waals surface area contributed by atoms with E-state index < -0.39 is 29.4 Å². The van der Waals surface area contributed by atoms with Crippen molar-refractivity contribution in [2.75, 3.05) is 6.54 Å². The number of hydrogen-bond donors (Lipinski definition) is 2. The van der Waals surface area contributed by atoms with Gasteiger partial charge in [0.2, 0.25) is 11.8 Å². The molecule has 1 aromatic carbocycles. The van der Waals surface area contributed by atoms with Gasteiger partial charge >= 0.3 is 5.97 Å². The maximum Gasteiger partial charge on any atom is 0.325 e. The zero-order valence-corrected chi connectivity index (χ0v) is 17.1. The van der Waals surface area contributed by atoms with E-state index in [1.807, 2.05) is 52.0 Å². The van der Waals surface area contributed by atoms with Crippen molar-refractivity contribution in [1.29, 1.82) is 0 Å². The molecule has 0 radical (unpaired) electrons. The summed E-state index contributed by atoms with van der Waals surface area (Å²) in [5, 5.41) is 13.6. The third-order valence-electron chi connectivity index (χ3n) is 6.69. The first kappa shape index (κ1) is 20.5. The number of amides is 2. The Kier molecular flexibility index (Phi) is 5.62. The number of carboxylic acids is 1. The molecule has 0 aliphatic carbocycles. The molecule has 0 spiro atoms. The Labute approximate surface area is 166 Å².